The van der Waals surface area contributed by atoms with E-state index in [2.05, 4.69) is 20.8 Å². The molecule has 0 aliphatic rings. The molecule has 0 bridgehead atoms. The van der Waals surface area contributed by atoms with Gasteiger partial charge in [-0.2, -0.15) is 0 Å². The third-order valence-electron chi connectivity index (χ3n) is 2.73. The van der Waals surface area contributed by atoms with Gasteiger partial charge in [-0.1, -0.05) is 18.7 Å². The van der Waals surface area contributed by atoms with E-state index in [-0.39, 0.29) is 17.2 Å². The first-order valence-corrected chi connectivity index (χ1v) is 7.09. The van der Waals surface area contributed by atoms with Crippen molar-refractivity contribution in [3.8, 4) is 0 Å². The zero-order chi connectivity index (χ0) is 14.6. The zero-order valence-electron chi connectivity index (χ0n) is 12.0. The van der Waals surface area contributed by atoms with E-state index >= 15 is 0 Å². The lowest BCUT2D eigenvalue weighted by Crippen LogP contribution is -2.56. The van der Waals surface area contributed by atoms with Crippen molar-refractivity contribution in [3.05, 3.63) is 0 Å². The van der Waals surface area contributed by atoms with Crippen LogP contribution in [0.5, 0.6) is 0 Å². The average Bonchev–Trinajstić information content (AvgIpc) is 2.62. The van der Waals surface area contributed by atoms with Gasteiger partial charge in [0.05, 0.1) is 5.54 Å². The van der Waals surface area contributed by atoms with Gasteiger partial charge in [0.25, 0.3) is 0 Å². The number of amides is 1. The van der Waals surface area contributed by atoms with Crippen LogP contribution in [0, 0.1) is 0 Å². The Kier molecular flexibility index (Phi) is 5.30. The van der Waals surface area contributed by atoms with Crippen LogP contribution in [0.3, 0.4) is 0 Å². The van der Waals surface area contributed by atoms with Gasteiger partial charge in [0.1, 0.15) is 0 Å². The Labute approximate surface area is 117 Å². The Hall–Kier alpha value is -1.15. The van der Waals surface area contributed by atoms with E-state index < -0.39 is 5.54 Å². The monoisotopic (exact) mass is 286 g/mol. The van der Waals surface area contributed by atoms with Gasteiger partial charge in [-0.15, -0.1) is 5.10 Å². The van der Waals surface area contributed by atoms with Crippen molar-refractivity contribution < 1.29 is 4.79 Å². The van der Waals surface area contributed by atoms with Crippen LogP contribution in [-0.2, 0) is 11.8 Å². The summed E-state index contributed by atoms with van der Waals surface area (Å²) in [6.45, 7) is 7.85. The smallest absolute Gasteiger partial charge is 0.237 e. The third kappa shape index (κ3) is 4.46. The van der Waals surface area contributed by atoms with Crippen molar-refractivity contribution in [1.29, 1.82) is 0 Å². The van der Waals surface area contributed by atoms with E-state index in [1.54, 1.807) is 11.7 Å². The maximum Gasteiger partial charge on any atom is 0.237 e. The van der Waals surface area contributed by atoms with Crippen LogP contribution in [0.25, 0.3) is 0 Å². The Balaban J connectivity index is 2.69. The van der Waals surface area contributed by atoms with Crippen molar-refractivity contribution in [3.63, 3.8) is 0 Å². The molecule has 2 atom stereocenters. The maximum absolute atomic E-state index is 11.7. The Bertz CT molecular complexity index is 435. The van der Waals surface area contributed by atoms with Crippen LogP contribution in [-0.4, -0.2) is 42.9 Å². The number of hydrogen-bond donors (Lipinski definition) is 2. The number of carbonyl (C=O) groups is 1. The first-order chi connectivity index (χ1) is 8.74. The first-order valence-electron chi connectivity index (χ1n) is 6.21. The van der Waals surface area contributed by atoms with Gasteiger partial charge in [-0.25, -0.2) is 4.68 Å². The number of tetrazole rings is 1. The molecule has 0 saturated carbocycles. The van der Waals surface area contributed by atoms with E-state index in [0.29, 0.717) is 6.42 Å². The molecule has 0 fully saturated rings. The molecule has 19 heavy (non-hydrogen) atoms. The lowest BCUT2D eigenvalue weighted by molar-refractivity contribution is -0.124. The van der Waals surface area contributed by atoms with E-state index in [1.165, 1.54) is 11.8 Å². The standard InChI is InChI=1S/C11H22N6OS/c1-7(2)13-11(4,9(12)18)6-8(3)19-10-14-15-16-17(10)5/h7-8,13H,6H2,1-5H3,(H2,12,18). The molecule has 1 aromatic rings. The SMILES string of the molecule is CC(C)NC(C)(CC(C)Sc1nnnn1C)C(N)=O. The molecule has 8 heteroatoms. The number of carbonyl (C=O) groups excluding carboxylic acids is 1. The van der Waals surface area contributed by atoms with Crippen LogP contribution >= 0.6 is 11.8 Å². The van der Waals surface area contributed by atoms with E-state index in [0.717, 1.165) is 5.16 Å². The fraction of sp³-hybridized carbons (Fsp3) is 0.818. The number of hydrogen-bond acceptors (Lipinski definition) is 6. The van der Waals surface area contributed by atoms with Crippen molar-refractivity contribution in [1.82, 2.24) is 25.5 Å². The average molecular weight is 286 g/mol. The number of primary amides is 1. The number of nitrogens with zero attached hydrogens (tertiary/aromatic N) is 4. The molecule has 1 amide bonds. The highest BCUT2D eigenvalue weighted by molar-refractivity contribution is 7.99. The summed E-state index contributed by atoms with van der Waals surface area (Å²) < 4.78 is 1.61. The highest BCUT2D eigenvalue weighted by atomic mass is 32.2. The van der Waals surface area contributed by atoms with Gasteiger partial charge < -0.3 is 11.1 Å². The van der Waals surface area contributed by atoms with Crippen LogP contribution < -0.4 is 11.1 Å². The molecule has 1 rings (SSSR count). The van der Waals surface area contributed by atoms with Gasteiger partial charge in [0, 0.05) is 18.3 Å². The predicted molar refractivity (Wildman–Crippen MR) is 74.6 cm³/mol. The molecule has 0 radical (unpaired) electrons. The van der Waals surface area contributed by atoms with Gasteiger partial charge in [-0.05, 0) is 37.6 Å². The molecule has 3 N–H and O–H groups in total. The number of aromatic nitrogens is 4. The summed E-state index contributed by atoms with van der Waals surface area (Å²) in [6, 6.07) is 0.186. The molecule has 1 aromatic heterocycles. The summed E-state index contributed by atoms with van der Waals surface area (Å²) in [6.07, 6.45) is 0.609. The summed E-state index contributed by atoms with van der Waals surface area (Å²) in [7, 11) is 1.79. The number of thioether (sulfide) groups is 1. The molecule has 2 unspecified atom stereocenters. The number of rotatable bonds is 7. The van der Waals surface area contributed by atoms with Crippen molar-refractivity contribution >= 4 is 17.7 Å². The minimum atomic E-state index is -0.730. The second-order valence-electron chi connectivity index (χ2n) is 5.21. The summed E-state index contributed by atoms with van der Waals surface area (Å²) in [5.74, 6) is -0.343. The van der Waals surface area contributed by atoms with Crippen LogP contribution in [0.1, 0.15) is 34.1 Å². The summed E-state index contributed by atoms with van der Waals surface area (Å²) >= 11 is 1.53. The highest BCUT2D eigenvalue weighted by Gasteiger charge is 2.33. The minimum absolute atomic E-state index is 0.161. The molecule has 1 heterocycles. The predicted octanol–water partition coefficient (Wildman–Crippen LogP) is 0.323. The lowest BCUT2D eigenvalue weighted by atomic mass is 9.94. The van der Waals surface area contributed by atoms with Gasteiger partial charge in [0.15, 0.2) is 0 Å². The first kappa shape index (κ1) is 15.9. The summed E-state index contributed by atoms with van der Waals surface area (Å²) in [4.78, 5) is 11.7. The van der Waals surface area contributed by atoms with Crippen molar-refractivity contribution in [2.45, 2.75) is 56.1 Å². The number of aryl methyl sites for hydroxylation is 1. The normalized spacial score (nSPS) is 16.3. The quantitative estimate of drug-likeness (QED) is 0.701. The Morgan fingerprint density at radius 2 is 2.16 bits per heavy atom. The maximum atomic E-state index is 11.7. The van der Waals surface area contributed by atoms with E-state index in [9.17, 15) is 4.79 Å². The van der Waals surface area contributed by atoms with E-state index in [4.69, 9.17) is 5.73 Å². The van der Waals surface area contributed by atoms with Crippen LogP contribution in [0.2, 0.25) is 0 Å². The fourth-order valence-electron chi connectivity index (χ4n) is 1.99. The van der Waals surface area contributed by atoms with E-state index in [1.807, 2.05) is 27.7 Å². The van der Waals surface area contributed by atoms with Crippen LogP contribution in [0.15, 0.2) is 5.16 Å². The minimum Gasteiger partial charge on any atom is -0.368 e. The second-order valence-corrected chi connectivity index (χ2v) is 6.62. The molecule has 0 aromatic carbocycles. The van der Waals surface area contributed by atoms with Gasteiger partial charge >= 0.3 is 0 Å². The topological polar surface area (TPSA) is 98.7 Å². The van der Waals surface area contributed by atoms with Crippen molar-refractivity contribution in [2.75, 3.05) is 0 Å². The molecule has 108 valence electrons. The lowest BCUT2D eigenvalue weighted by Gasteiger charge is -2.31. The third-order valence-corrected chi connectivity index (χ3v) is 3.86. The molecule has 0 spiro atoms. The number of nitrogens with one attached hydrogen (secondary N) is 1. The zero-order valence-corrected chi connectivity index (χ0v) is 12.9. The molecular weight excluding hydrogens is 264 g/mol. The molecule has 0 aliphatic carbocycles. The Morgan fingerprint density at radius 3 is 2.58 bits per heavy atom. The van der Waals surface area contributed by atoms with Gasteiger partial charge in [0.2, 0.25) is 11.1 Å². The Morgan fingerprint density at radius 1 is 1.53 bits per heavy atom. The second kappa shape index (κ2) is 6.33. The molecule has 0 aliphatic heterocycles. The molecule has 7 nitrogen and oxygen atoms in total. The van der Waals surface area contributed by atoms with Crippen molar-refractivity contribution in [2.24, 2.45) is 12.8 Å². The summed E-state index contributed by atoms with van der Waals surface area (Å²) in [5, 5.41) is 15.4. The van der Waals surface area contributed by atoms with Crippen LogP contribution in [0.4, 0.5) is 0 Å². The number of nitrogens with two attached hydrogens (primary N) is 1. The largest absolute Gasteiger partial charge is 0.368 e. The highest BCUT2D eigenvalue weighted by Crippen LogP contribution is 2.26. The summed E-state index contributed by atoms with van der Waals surface area (Å²) in [5.41, 5.74) is 4.79. The molecule has 0 saturated heterocycles. The fourth-order valence-corrected chi connectivity index (χ4v) is 3.03. The molecular formula is C11H22N6OS. The van der Waals surface area contributed by atoms with Gasteiger partial charge in [-0.3, -0.25) is 4.79 Å².